The zero-order valence-corrected chi connectivity index (χ0v) is 10.6. The molecule has 0 heterocycles. The Morgan fingerprint density at radius 1 is 1.12 bits per heavy atom. The molecule has 0 aromatic heterocycles. The SMILES string of the molecule is CC1=CC(=O)C=C/C1=N/[Se]c1ccccc1. The molecule has 1 aliphatic rings. The molecule has 0 unspecified atom stereocenters. The molecule has 0 bridgehead atoms. The number of allylic oxidation sites excluding steroid dienone is 4. The number of carbonyl (C=O) groups excluding carboxylic acids is 1. The van der Waals surface area contributed by atoms with Crippen LogP contribution in [-0.2, 0) is 4.79 Å². The number of hydrogen-bond acceptors (Lipinski definition) is 2. The molecule has 0 atom stereocenters. The quantitative estimate of drug-likeness (QED) is 0.594. The van der Waals surface area contributed by atoms with Gasteiger partial charge >= 0.3 is 101 Å². The number of hydrogen-bond donors (Lipinski definition) is 0. The molecule has 0 radical (unpaired) electrons. The van der Waals surface area contributed by atoms with Crippen LogP contribution < -0.4 is 4.46 Å². The summed E-state index contributed by atoms with van der Waals surface area (Å²) in [6.07, 6.45) is 4.98. The van der Waals surface area contributed by atoms with Crippen LogP contribution in [0.4, 0.5) is 0 Å². The van der Waals surface area contributed by atoms with Crippen LogP contribution in [0.2, 0.25) is 0 Å². The van der Waals surface area contributed by atoms with E-state index in [0.717, 1.165) is 11.3 Å². The fraction of sp³-hybridized carbons (Fsp3) is 0.0769. The van der Waals surface area contributed by atoms with Crippen molar-refractivity contribution in [1.29, 1.82) is 0 Å². The molecule has 0 saturated carbocycles. The van der Waals surface area contributed by atoms with Crippen molar-refractivity contribution < 1.29 is 4.79 Å². The number of benzene rings is 1. The van der Waals surface area contributed by atoms with Crippen molar-refractivity contribution in [2.24, 2.45) is 4.01 Å². The summed E-state index contributed by atoms with van der Waals surface area (Å²) in [4.78, 5) is 11.1. The Kier molecular flexibility index (Phi) is 3.50. The Bertz CT molecular complexity index is 486. The minimum absolute atomic E-state index is 0.0451. The zero-order valence-electron chi connectivity index (χ0n) is 8.88. The first-order chi connectivity index (χ1) is 7.75. The van der Waals surface area contributed by atoms with Gasteiger partial charge in [0.1, 0.15) is 0 Å². The van der Waals surface area contributed by atoms with Crippen LogP contribution in [0.1, 0.15) is 6.92 Å². The molecule has 2 rings (SSSR count). The first kappa shape index (κ1) is 11.1. The molecule has 0 saturated heterocycles. The van der Waals surface area contributed by atoms with Crippen LogP contribution in [-0.4, -0.2) is 26.7 Å². The number of carbonyl (C=O) groups is 1. The standard InChI is InChI=1S/C13H11NOSe/c1-10-9-11(15)7-8-13(10)14-16-12-5-3-2-4-6-12/h2-9H,1H3/b14-13-. The summed E-state index contributed by atoms with van der Waals surface area (Å²) < 4.78 is 5.78. The summed E-state index contributed by atoms with van der Waals surface area (Å²) in [6.45, 7) is 1.92. The van der Waals surface area contributed by atoms with E-state index in [1.54, 1.807) is 18.2 Å². The van der Waals surface area contributed by atoms with Gasteiger partial charge in [-0.25, -0.2) is 0 Å². The third-order valence-electron chi connectivity index (χ3n) is 2.16. The Morgan fingerprint density at radius 3 is 2.56 bits per heavy atom. The van der Waals surface area contributed by atoms with Gasteiger partial charge in [0.25, 0.3) is 0 Å². The van der Waals surface area contributed by atoms with Crippen LogP contribution in [0.25, 0.3) is 0 Å². The van der Waals surface area contributed by atoms with Gasteiger partial charge in [0.05, 0.1) is 0 Å². The van der Waals surface area contributed by atoms with Gasteiger partial charge in [0.2, 0.25) is 0 Å². The first-order valence-electron chi connectivity index (χ1n) is 4.96. The normalized spacial score (nSPS) is 17.7. The van der Waals surface area contributed by atoms with Gasteiger partial charge in [0.15, 0.2) is 0 Å². The maximum absolute atomic E-state index is 11.1. The van der Waals surface area contributed by atoms with Crippen LogP contribution in [0.5, 0.6) is 0 Å². The second-order valence-electron chi connectivity index (χ2n) is 3.44. The van der Waals surface area contributed by atoms with Gasteiger partial charge in [-0.05, 0) is 0 Å². The molecule has 0 fully saturated rings. The predicted octanol–water partition coefficient (Wildman–Crippen LogP) is 1.46. The second-order valence-corrected chi connectivity index (χ2v) is 5.20. The van der Waals surface area contributed by atoms with Crippen molar-refractivity contribution in [3.63, 3.8) is 0 Å². The Balaban J connectivity index is 2.12. The third kappa shape index (κ3) is 2.78. The average Bonchev–Trinajstić information content (AvgIpc) is 2.29. The van der Waals surface area contributed by atoms with Crippen molar-refractivity contribution in [2.75, 3.05) is 0 Å². The average molecular weight is 276 g/mol. The second kappa shape index (κ2) is 5.06. The fourth-order valence-electron chi connectivity index (χ4n) is 1.31. The van der Waals surface area contributed by atoms with E-state index in [-0.39, 0.29) is 21.0 Å². The third-order valence-corrected chi connectivity index (χ3v) is 3.78. The summed E-state index contributed by atoms with van der Waals surface area (Å²) in [7, 11) is 0. The molecular weight excluding hydrogens is 265 g/mol. The summed E-state index contributed by atoms with van der Waals surface area (Å²) in [5.41, 5.74) is 1.87. The molecule has 0 spiro atoms. The van der Waals surface area contributed by atoms with Crippen molar-refractivity contribution >= 4 is 31.1 Å². The Hall–Kier alpha value is -1.44. The fourth-order valence-corrected chi connectivity index (χ4v) is 2.76. The predicted molar refractivity (Wildman–Crippen MR) is 67.2 cm³/mol. The van der Waals surface area contributed by atoms with Gasteiger partial charge in [-0.1, -0.05) is 0 Å². The van der Waals surface area contributed by atoms with Crippen molar-refractivity contribution in [3.05, 3.63) is 54.1 Å². The summed E-state index contributed by atoms with van der Waals surface area (Å²) in [6, 6.07) is 10.2. The molecule has 80 valence electrons. The van der Waals surface area contributed by atoms with Gasteiger partial charge in [-0.3, -0.25) is 0 Å². The molecule has 16 heavy (non-hydrogen) atoms. The monoisotopic (exact) mass is 277 g/mol. The van der Waals surface area contributed by atoms with Crippen LogP contribution in [0.3, 0.4) is 0 Å². The molecule has 0 N–H and O–H groups in total. The van der Waals surface area contributed by atoms with Crippen molar-refractivity contribution in [2.45, 2.75) is 6.92 Å². The molecule has 1 aromatic carbocycles. The molecule has 2 nitrogen and oxygen atoms in total. The summed E-state index contributed by atoms with van der Waals surface area (Å²) >= 11 is 0.0798. The van der Waals surface area contributed by atoms with Gasteiger partial charge < -0.3 is 0 Å². The van der Waals surface area contributed by atoms with Crippen LogP contribution in [0, 0.1) is 0 Å². The van der Waals surface area contributed by atoms with Crippen molar-refractivity contribution in [1.82, 2.24) is 0 Å². The number of ketones is 1. The zero-order chi connectivity index (χ0) is 11.4. The molecular formula is C13H11NOSe. The Morgan fingerprint density at radius 2 is 1.88 bits per heavy atom. The van der Waals surface area contributed by atoms with E-state index in [4.69, 9.17) is 0 Å². The molecule has 0 amide bonds. The van der Waals surface area contributed by atoms with E-state index in [1.165, 1.54) is 4.46 Å². The molecule has 1 aromatic rings. The van der Waals surface area contributed by atoms with Crippen molar-refractivity contribution in [3.8, 4) is 0 Å². The molecule has 1 aliphatic carbocycles. The van der Waals surface area contributed by atoms with E-state index in [0.29, 0.717) is 0 Å². The Labute approximate surface area is 101 Å². The topological polar surface area (TPSA) is 29.4 Å². The first-order valence-corrected chi connectivity index (χ1v) is 6.59. The maximum atomic E-state index is 11.1. The van der Waals surface area contributed by atoms with Gasteiger partial charge in [-0.2, -0.15) is 0 Å². The van der Waals surface area contributed by atoms with Gasteiger partial charge in [-0.15, -0.1) is 0 Å². The summed E-state index contributed by atoms with van der Waals surface area (Å²) in [5, 5.41) is 0. The molecule has 3 heteroatoms. The van der Waals surface area contributed by atoms with Crippen LogP contribution >= 0.6 is 0 Å². The van der Waals surface area contributed by atoms with E-state index < -0.39 is 0 Å². The number of nitrogens with zero attached hydrogens (tertiary/aromatic N) is 1. The minimum atomic E-state index is 0.0451. The molecule has 0 aliphatic heterocycles. The van der Waals surface area contributed by atoms with E-state index in [1.807, 2.05) is 25.1 Å². The van der Waals surface area contributed by atoms with E-state index in [2.05, 4.69) is 16.1 Å². The van der Waals surface area contributed by atoms with Crippen LogP contribution in [0.15, 0.2) is 58.1 Å². The van der Waals surface area contributed by atoms with E-state index >= 15 is 0 Å². The van der Waals surface area contributed by atoms with E-state index in [9.17, 15) is 4.79 Å². The summed E-state index contributed by atoms with van der Waals surface area (Å²) in [5.74, 6) is 0.0451. The van der Waals surface area contributed by atoms with Gasteiger partial charge in [0, 0.05) is 0 Å². The number of rotatable bonds is 2.